The van der Waals surface area contributed by atoms with Gasteiger partial charge in [-0.25, -0.2) is 0 Å². The van der Waals surface area contributed by atoms with Crippen LogP contribution in [0.25, 0.3) is 0 Å². The van der Waals surface area contributed by atoms with Crippen molar-refractivity contribution >= 4 is 11.8 Å². The molecule has 162 valence electrons. The first kappa shape index (κ1) is 23.5. The molecule has 0 aliphatic heterocycles. The number of methoxy groups -OCH3 is 1. The van der Waals surface area contributed by atoms with Crippen molar-refractivity contribution in [3.8, 4) is 5.75 Å². The fraction of sp³-hybridized carbons (Fsp3) is 0.440. The Morgan fingerprint density at radius 1 is 1.07 bits per heavy atom. The molecule has 2 aromatic rings. The Morgan fingerprint density at radius 2 is 1.80 bits per heavy atom. The fourth-order valence-corrected chi connectivity index (χ4v) is 3.38. The lowest BCUT2D eigenvalue weighted by Gasteiger charge is -2.31. The minimum atomic E-state index is -0.508. The summed E-state index contributed by atoms with van der Waals surface area (Å²) in [4.78, 5) is 27.9. The molecule has 0 aromatic heterocycles. The first-order chi connectivity index (χ1) is 14.5. The zero-order valence-electron chi connectivity index (χ0n) is 18.6. The van der Waals surface area contributed by atoms with Gasteiger partial charge in [0.15, 0.2) is 0 Å². The normalized spacial score (nSPS) is 11.6. The second-order valence-electron chi connectivity index (χ2n) is 7.60. The fourth-order valence-electron chi connectivity index (χ4n) is 3.38. The van der Waals surface area contributed by atoms with E-state index >= 15 is 0 Å². The molecular weight excluding hydrogens is 376 g/mol. The maximum absolute atomic E-state index is 13.3. The predicted octanol–water partition coefficient (Wildman–Crippen LogP) is 4.27. The minimum absolute atomic E-state index is 0.0563. The number of ether oxygens (including phenoxy) is 1. The van der Waals surface area contributed by atoms with Crippen LogP contribution in [0.1, 0.15) is 49.8 Å². The van der Waals surface area contributed by atoms with Gasteiger partial charge in [0.1, 0.15) is 11.8 Å². The van der Waals surface area contributed by atoms with Crippen molar-refractivity contribution in [2.45, 2.75) is 59.0 Å². The molecule has 0 saturated heterocycles. The van der Waals surface area contributed by atoms with Gasteiger partial charge in [0.25, 0.3) is 0 Å². The van der Waals surface area contributed by atoms with Gasteiger partial charge in [0, 0.05) is 13.1 Å². The molecule has 0 spiro atoms. The molecule has 2 amide bonds. The third-order valence-corrected chi connectivity index (χ3v) is 5.18. The monoisotopic (exact) mass is 410 g/mol. The number of hydrogen-bond donors (Lipinski definition) is 1. The number of carbonyl (C=O) groups is 2. The Bertz CT molecular complexity index is 817. The molecule has 0 aliphatic carbocycles. The summed E-state index contributed by atoms with van der Waals surface area (Å²) in [5.74, 6) is 0.587. The molecule has 0 radical (unpaired) electrons. The SMILES string of the molecule is CCCCNC(=O)[C@H](CC)N(Cc1cccc(OC)c1)C(=O)Cc1ccc(C)cc1. The minimum Gasteiger partial charge on any atom is -0.497 e. The Morgan fingerprint density at radius 3 is 2.43 bits per heavy atom. The van der Waals surface area contributed by atoms with E-state index in [2.05, 4.69) is 12.2 Å². The van der Waals surface area contributed by atoms with E-state index < -0.39 is 6.04 Å². The van der Waals surface area contributed by atoms with Crippen LogP contribution in [0.5, 0.6) is 5.75 Å². The topological polar surface area (TPSA) is 58.6 Å². The number of benzene rings is 2. The smallest absolute Gasteiger partial charge is 0.242 e. The van der Waals surface area contributed by atoms with E-state index in [1.54, 1.807) is 12.0 Å². The van der Waals surface area contributed by atoms with Crippen LogP contribution in [0.3, 0.4) is 0 Å². The van der Waals surface area contributed by atoms with Crippen molar-refractivity contribution in [1.82, 2.24) is 10.2 Å². The van der Waals surface area contributed by atoms with Crippen LogP contribution in [-0.2, 0) is 22.6 Å². The Balaban J connectivity index is 2.25. The summed E-state index contributed by atoms with van der Waals surface area (Å²) >= 11 is 0. The van der Waals surface area contributed by atoms with Crippen molar-refractivity contribution in [3.05, 3.63) is 65.2 Å². The summed E-state index contributed by atoms with van der Waals surface area (Å²) in [6.45, 7) is 7.05. The van der Waals surface area contributed by atoms with E-state index in [1.807, 2.05) is 62.4 Å². The summed E-state index contributed by atoms with van der Waals surface area (Å²) in [7, 11) is 1.62. The van der Waals surface area contributed by atoms with Gasteiger partial charge in [-0.1, -0.05) is 62.2 Å². The van der Waals surface area contributed by atoms with Crippen LogP contribution in [0.2, 0.25) is 0 Å². The van der Waals surface area contributed by atoms with Gasteiger partial charge < -0.3 is 15.0 Å². The van der Waals surface area contributed by atoms with Gasteiger partial charge in [-0.3, -0.25) is 9.59 Å². The largest absolute Gasteiger partial charge is 0.497 e. The van der Waals surface area contributed by atoms with E-state index in [0.717, 1.165) is 35.3 Å². The number of amides is 2. The molecule has 0 saturated carbocycles. The van der Waals surface area contributed by atoms with Crippen LogP contribution >= 0.6 is 0 Å². The average Bonchev–Trinajstić information content (AvgIpc) is 2.75. The molecule has 1 atom stereocenters. The van der Waals surface area contributed by atoms with Gasteiger partial charge >= 0.3 is 0 Å². The third-order valence-electron chi connectivity index (χ3n) is 5.18. The maximum Gasteiger partial charge on any atom is 0.242 e. The number of rotatable bonds is 11. The van der Waals surface area contributed by atoms with E-state index in [-0.39, 0.29) is 18.2 Å². The molecule has 0 fully saturated rings. The molecular formula is C25H34N2O3. The van der Waals surface area contributed by atoms with E-state index in [1.165, 1.54) is 0 Å². The van der Waals surface area contributed by atoms with Crippen LogP contribution in [0.4, 0.5) is 0 Å². The predicted molar refractivity (Wildman–Crippen MR) is 120 cm³/mol. The molecule has 0 aliphatic rings. The second-order valence-corrected chi connectivity index (χ2v) is 7.60. The van der Waals surface area contributed by atoms with E-state index in [9.17, 15) is 9.59 Å². The zero-order chi connectivity index (χ0) is 21.9. The number of unbranched alkanes of at least 4 members (excludes halogenated alkanes) is 1. The third kappa shape index (κ3) is 6.90. The molecule has 2 aromatic carbocycles. The van der Waals surface area contributed by atoms with Crippen molar-refractivity contribution in [2.75, 3.05) is 13.7 Å². The molecule has 1 N–H and O–H groups in total. The van der Waals surface area contributed by atoms with Crippen LogP contribution in [0.15, 0.2) is 48.5 Å². The molecule has 5 heteroatoms. The highest BCUT2D eigenvalue weighted by Gasteiger charge is 2.28. The number of nitrogens with one attached hydrogen (secondary N) is 1. The van der Waals surface area contributed by atoms with Gasteiger partial charge in [-0.15, -0.1) is 0 Å². The van der Waals surface area contributed by atoms with Gasteiger partial charge in [-0.05, 0) is 43.0 Å². The Labute approximate surface area is 180 Å². The molecule has 2 rings (SSSR count). The van der Waals surface area contributed by atoms with Crippen LogP contribution in [-0.4, -0.2) is 36.4 Å². The molecule has 30 heavy (non-hydrogen) atoms. The molecule has 0 bridgehead atoms. The lowest BCUT2D eigenvalue weighted by atomic mass is 10.1. The lowest BCUT2D eigenvalue weighted by molar-refractivity contribution is -0.140. The quantitative estimate of drug-likeness (QED) is 0.563. The molecule has 0 heterocycles. The summed E-state index contributed by atoms with van der Waals surface area (Å²) in [5.41, 5.74) is 3.04. The van der Waals surface area contributed by atoms with Crippen molar-refractivity contribution in [2.24, 2.45) is 0 Å². The highest BCUT2D eigenvalue weighted by molar-refractivity contribution is 5.88. The van der Waals surface area contributed by atoms with E-state index in [0.29, 0.717) is 19.5 Å². The standard InChI is InChI=1S/C25H34N2O3/c1-5-7-15-26-25(29)23(6-2)27(18-21-9-8-10-22(16-21)30-4)24(28)17-20-13-11-19(3)12-14-20/h8-14,16,23H,5-7,15,17-18H2,1-4H3,(H,26,29)/t23-/m0/s1. The van der Waals surface area contributed by atoms with Crippen molar-refractivity contribution in [3.63, 3.8) is 0 Å². The highest BCUT2D eigenvalue weighted by Crippen LogP contribution is 2.18. The van der Waals surface area contributed by atoms with Gasteiger partial charge in [0.2, 0.25) is 11.8 Å². The maximum atomic E-state index is 13.3. The summed E-state index contributed by atoms with van der Waals surface area (Å²) < 4.78 is 5.32. The van der Waals surface area contributed by atoms with Crippen LogP contribution in [0, 0.1) is 6.92 Å². The first-order valence-corrected chi connectivity index (χ1v) is 10.7. The lowest BCUT2D eigenvalue weighted by Crippen LogP contribution is -2.49. The first-order valence-electron chi connectivity index (χ1n) is 10.7. The van der Waals surface area contributed by atoms with Crippen molar-refractivity contribution in [1.29, 1.82) is 0 Å². The van der Waals surface area contributed by atoms with E-state index in [4.69, 9.17) is 4.74 Å². The summed E-state index contributed by atoms with van der Waals surface area (Å²) in [6, 6.07) is 15.1. The second kappa shape index (κ2) is 12.0. The Hall–Kier alpha value is -2.82. The van der Waals surface area contributed by atoms with Crippen molar-refractivity contribution < 1.29 is 14.3 Å². The average molecular weight is 411 g/mol. The number of nitrogens with zero attached hydrogens (tertiary/aromatic N) is 1. The number of hydrogen-bond acceptors (Lipinski definition) is 3. The van der Waals surface area contributed by atoms with Crippen LogP contribution < -0.4 is 10.1 Å². The molecule has 5 nitrogen and oxygen atoms in total. The highest BCUT2D eigenvalue weighted by atomic mass is 16.5. The summed E-state index contributed by atoms with van der Waals surface area (Å²) in [5, 5.41) is 2.99. The zero-order valence-corrected chi connectivity index (χ0v) is 18.6. The summed E-state index contributed by atoms with van der Waals surface area (Å²) in [6.07, 6.45) is 2.76. The molecule has 0 unspecified atom stereocenters. The number of aryl methyl sites for hydroxylation is 1. The Kier molecular flexibility index (Phi) is 9.39. The number of carbonyl (C=O) groups excluding carboxylic acids is 2. The van der Waals surface area contributed by atoms with Gasteiger partial charge in [0.05, 0.1) is 13.5 Å². The van der Waals surface area contributed by atoms with Gasteiger partial charge in [-0.2, -0.15) is 0 Å².